The van der Waals surface area contributed by atoms with E-state index in [1.54, 1.807) is 0 Å². The molecular weight excluding hydrogens is 352 g/mol. The largest absolute Gasteiger partial charge is 0.394 e. The summed E-state index contributed by atoms with van der Waals surface area (Å²) in [6, 6.07) is 0. The van der Waals surface area contributed by atoms with Crippen LogP contribution < -0.4 is 11.2 Å². The van der Waals surface area contributed by atoms with E-state index >= 15 is 0 Å². The highest BCUT2D eigenvalue weighted by Gasteiger charge is 2.58. The van der Waals surface area contributed by atoms with Crippen LogP contribution in [0.15, 0.2) is 15.8 Å². The topological polar surface area (TPSA) is 174 Å². The summed E-state index contributed by atoms with van der Waals surface area (Å²) < 4.78 is 12.2. The number of aliphatic hydroxyl groups excluding tert-OH is 5. The minimum Gasteiger partial charge on any atom is -0.394 e. The number of aromatic amines is 1. The first kappa shape index (κ1) is 19.2. The molecule has 2 fully saturated rings. The predicted octanol–water partition coefficient (Wildman–Crippen LogP) is -3.88. The monoisotopic (exact) mass is 374 g/mol. The summed E-state index contributed by atoms with van der Waals surface area (Å²) in [5.41, 5.74) is -3.12. The first-order chi connectivity index (χ1) is 12.2. The number of hydrogen-bond acceptors (Lipinski definition) is 9. The molecule has 1 aromatic heterocycles. The number of nitrogens with zero attached hydrogens (tertiary/aromatic N) is 1. The molecule has 0 aromatic carbocycles. The van der Waals surface area contributed by atoms with Crippen molar-refractivity contribution in [1.29, 1.82) is 0 Å². The van der Waals surface area contributed by atoms with Crippen LogP contribution in [0.1, 0.15) is 12.0 Å². The van der Waals surface area contributed by atoms with Gasteiger partial charge in [-0.1, -0.05) is 0 Å². The summed E-state index contributed by atoms with van der Waals surface area (Å²) in [4.78, 5) is 26.2. The molecule has 0 radical (unpaired) electrons. The molecule has 11 nitrogen and oxygen atoms in total. The van der Waals surface area contributed by atoms with Crippen molar-refractivity contribution in [3.8, 4) is 0 Å². The van der Waals surface area contributed by atoms with Gasteiger partial charge in [0.25, 0.3) is 5.56 Å². The third kappa shape index (κ3) is 2.91. The molecule has 146 valence electrons. The third-order valence-corrected chi connectivity index (χ3v) is 4.94. The first-order valence-corrected chi connectivity index (χ1v) is 8.17. The molecule has 3 heterocycles. The zero-order chi connectivity index (χ0) is 19.2. The van der Waals surface area contributed by atoms with Crippen LogP contribution in [0.25, 0.3) is 0 Å². The normalized spacial score (nSPS) is 40.7. The zero-order valence-corrected chi connectivity index (χ0v) is 14.0. The lowest BCUT2D eigenvalue weighted by Crippen LogP contribution is -2.64. The molecule has 0 bridgehead atoms. The first-order valence-electron chi connectivity index (χ1n) is 8.17. The smallest absolute Gasteiger partial charge is 0.330 e. The fraction of sp³-hybridized carbons (Fsp3) is 0.733. The van der Waals surface area contributed by atoms with Gasteiger partial charge in [0.2, 0.25) is 0 Å². The minimum absolute atomic E-state index is 0.167. The Morgan fingerprint density at radius 3 is 2.54 bits per heavy atom. The summed E-state index contributed by atoms with van der Waals surface area (Å²) >= 11 is 0. The van der Waals surface area contributed by atoms with Gasteiger partial charge in [0.15, 0.2) is 5.72 Å². The average Bonchev–Trinajstić information content (AvgIpc) is 2.93. The van der Waals surface area contributed by atoms with Crippen molar-refractivity contribution in [3.05, 3.63) is 32.6 Å². The highest BCUT2D eigenvalue weighted by atomic mass is 16.6. The lowest BCUT2D eigenvalue weighted by atomic mass is 9.89. The molecule has 26 heavy (non-hydrogen) atoms. The van der Waals surface area contributed by atoms with Gasteiger partial charge in [-0.2, -0.15) is 0 Å². The number of aromatic nitrogens is 2. The molecule has 1 aromatic rings. The van der Waals surface area contributed by atoms with E-state index < -0.39 is 60.2 Å². The fourth-order valence-corrected chi connectivity index (χ4v) is 3.51. The standard InChI is InChI=1S/C15H22N2O9/c1-6-3-17(14(24)16-13(6)23)15(2-7(19)9(4-18)26-15)12-11(22)10(21)8(20)5-25-12/h3,7-12,18-22H,2,4-5H2,1H3,(H,16,23,24)/t7-,8+,9+,10+,11+,12?,15-/m0/s1. The Hall–Kier alpha value is -1.60. The SMILES string of the molecule is Cc1cn([C@@]2(C3OC[C@@H](O)[C@@H](O)[C@H]3O)C[C@H](O)[C@@H](CO)O2)c(=O)[nH]c1=O. The molecule has 2 aliphatic heterocycles. The molecule has 6 N–H and O–H groups in total. The number of rotatable bonds is 3. The van der Waals surface area contributed by atoms with E-state index in [0.717, 1.165) is 4.57 Å². The second kappa shape index (κ2) is 6.85. The zero-order valence-electron chi connectivity index (χ0n) is 14.0. The Labute approximate surface area is 147 Å². The van der Waals surface area contributed by atoms with Crippen molar-refractivity contribution >= 4 is 0 Å². The number of nitrogens with one attached hydrogen (secondary N) is 1. The fourth-order valence-electron chi connectivity index (χ4n) is 3.51. The van der Waals surface area contributed by atoms with Gasteiger partial charge in [0.1, 0.15) is 30.5 Å². The highest BCUT2D eigenvalue weighted by molar-refractivity contribution is 5.08. The Balaban J connectivity index is 2.15. The average molecular weight is 374 g/mol. The van der Waals surface area contributed by atoms with Crippen LogP contribution in [0.5, 0.6) is 0 Å². The lowest BCUT2D eigenvalue weighted by Gasteiger charge is -2.45. The van der Waals surface area contributed by atoms with Crippen molar-refractivity contribution in [3.63, 3.8) is 0 Å². The van der Waals surface area contributed by atoms with Gasteiger partial charge in [-0.15, -0.1) is 0 Å². The second-order valence-electron chi connectivity index (χ2n) is 6.70. The summed E-state index contributed by atoms with van der Waals surface area (Å²) in [7, 11) is 0. The van der Waals surface area contributed by atoms with Crippen LogP contribution in [0, 0.1) is 6.92 Å². The van der Waals surface area contributed by atoms with E-state index in [1.165, 1.54) is 13.1 Å². The molecule has 0 amide bonds. The lowest BCUT2D eigenvalue weighted by molar-refractivity contribution is -0.271. The Morgan fingerprint density at radius 1 is 1.23 bits per heavy atom. The Morgan fingerprint density at radius 2 is 1.92 bits per heavy atom. The number of aliphatic hydroxyl groups is 5. The summed E-state index contributed by atoms with van der Waals surface area (Å²) in [6.45, 7) is 0.549. The third-order valence-electron chi connectivity index (χ3n) is 4.94. The summed E-state index contributed by atoms with van der Waals surface area (Å²) in [6.07, 6.45) is -7.24. The predicted molar refractivity (Wildman–Crippen MR) is 84.4 cm³/mol. The molecular formula is C15H22N2O9. The number of aryl methyl sites for hydroxylation is 1. The van der Waals surface area contributed by atoms with Crippen LogP contribution in [-0.2, 0) is 15.2 Å². The van der Waals surface area contributed by atoms with Crippen LogP contribution >= 0.6 is 0 Å². The quantitative estimate of drug-likeness (QED) is 0.309. The molecule has 1 unspecified atom stereocenters. The van der Waals surface area contributed by atoms with Gasteiger partial charge in [0.05, 0.1) is 19.3 Å². The highest BCUT2D eigenvalue weighted by Crippen LogP contribution is 2.41. The van der Waals surface area contributed by atoms with Crippen molar-refractivity contribution in [2.45, 2.75) is 55.7 Å². The van der Waals surface area contributed by atoms with E-state index in [4.69, 9.17) is 9.47 Å². The van der Waals surface area contributed by atoms with Crippen LogP contribution in [-0.4, -0.2) is 84.9 Å². The maximum absolute atomic E-state index is 12.4. The maximum atomic E-state index is 12.4. The minimum atomic E-state index is -1.81. The van der Waals surface area contributed by atoms with E-state index in [1.807, 2.05) is 0 Å². The maximum Gasteiger partial charge on any atom is 0.330 e. The summed E-state index contributed by atoms with van der Waals surface area (Å²) in [5.74, 6) is 0. The van der Waals surface area contributed by atoms with E-state index in [2.05, 4.69) is 4.98 Å². The Bertz CT molecular complexity index is 777. The number of hydrogen-bond donors (Lipinski definition) is 6. The van der Waals surface area contributed by atoms with Crippen molar-refractivity contribution in [1.82, 2.24) is 9.55 Å². The van der Waals surface area contributed by atoms with Crippen molar-refractivity contribution in [2.75, 3.05) is 13.2 Å². The number of H-pyrrole nitrogens is 1. The molecule has 0 saturated carbocycles. The molecule has 0 spiro atoms. The van der Waals surface area contributed by atoms with Gasteiger partial charge in [-0.25, -0.2) is 4.79 Å². The van der Waals surface area contributed by atoms with Gasteiger partial charge in [-0.3, -0.25) is 14.3 Å². The second-order valence-corrected chi connectivity index (χ2v) is 6.70. The van der Waals surface area contributed by atoms with Crippen molar-refractivity contribution in [2.24, 2.45) is 0 Å². The van der Waals surface area contributed by atoms with Gasteiger partial charge in [-0.05, 0) is 6.92 Å². The van der Waals surface area contributed by atoms with Crippen LogP contribution in [0.3, 0.4) is 0 Å². The van der Waals surface area contributed by atoms with Gasteiger partial charge >= 0.3 is 5.69 Å². The number of ether oxygens (including phenoxy) is 2. The van der Waals surface area contributed by atoms with Gasteiger partial charge < -0.3 is 35.0 Å². The Kier molecular flexibility index (Phi) is 5.05. The summed E-state index contributed by atoms with van der Waals surface area (Å²) in [5, 5.41) is 49.7. The van der Waals surface area contributed by atoms with E-state index in [0.29, 0.717) is 0 Å². The molecule has 7 atom stereocenters. The van der Waals surface area contributed by atoms with E-state index in [9.17, 15) is 35.1 Å². The molecule has 3 rings (SSSR count). The molecule has 0 aliphatic carbocycles. The van der Waals surface area contributed by atoms with Gasteiger partial charge in [0, 0.05) is 18.2 Å². The van der Waals surface area contributed by atoms with Crippen LogP contribution in [0.2, 0.25) is 0 Å². The van der Waals surface area contributed by atoms with E-state index in [-0.39, 0.29) is 18.6 Å². The van der Waals surface area contributed by atoms with Crippen molar-refractivity contribution < 1.29 is 35.0 Å². The molecule has 2 saturated heterocycles. The van der Waals surface area contributed by atoms with Crippen LogP contribution in [0.4, 0.5) is 0 Å². The molecule has 11 heteroatoms. The molecule has 2 aliphatic rings.